The quantitative estimate of drug-likeness (QED) is 0.789. The second kappa shape index (κ2) is 4.18. The zero-order chi connectivity index (χ0) is 11.5. The summed E-state index contributed by atoms with van der Waals surface area (Å²) in [5.74, 6) is -0.184. The Morgan fingerprint density at radius 3 is 2.19 bits per heavy atom. The first-order valence-corrected chi connectivity index (χ1v) is 4.63. The Bertz CT molecular complexity index is 497. The topological polar surface area (TPSA) is 35.2 Å². The Balaban J connectivity index is 2.26. The lowest BCUT2D eigenvalue weighted by Gasteiger charge is -2.08. The summed E-state index contributed by atoms with van der Waals surface area (Å²) in [4.78, 5) is 0. The summed E-state index contributed by atoms with van der Waals surface area (Å²) < 4.78 is 30.9. The van der Waals surface area contributed by atoms with Gasteiger partial charge in [-0.3, -0.25) is 0 Å². The lowest BCUT2D eigenvalue weighted by molar-refractivity contribution is 0.477. The van der Waals surface area contributed by atoms with Crippen LogP contribution in [-0.4, -0.2) is 0 Å². The Kier molecular flexibility index (Phi) is 2.72. The fourth-order valence-corrected chi connectivity index (χ4v) is 1.23. The fourth-order valence-electron chi connectivity index (χ4n) is 1.23. The van der Waals surface area contributed by atoms with Crippen molar-refractivity contribution in [3.63, 3.8) is 0 Å². The average molecular weight is 221 g/mol. The summed E-state index contributed by atoms with van der Waals surface area (Å²) >= 11 is 0. The number of anilines is 1. The van der Waals surface area contributed by atoms with Crippen LogP contribution in [0.2, 0.25) is 0 Å². The molecule has 0 unspecified atom stereocenters. The highest BCUT2D eigenvalue weighted by atomic mass is 19.1. The van der Waals surface area contributed by atoms with E-state index in [2.05, 4.69) is 0 Å². The normalized spacial score (nSPS) is 10.1. The third-order valence-corrected chi connectivity index (χ3v) is 2.02. The van der Waals surface area contributed by atoms with Crippen molar-refractivity contribution >= 4 is 5.69 Å². The first-order chi connectivity index (χ1) is 7.65. The zero-order valence-corrected chi connectivity index (χ0v) is 8.28. The van der Waals surface area contributed by atoms with Gasteiger partial charge in [-0.15, -0.1) is 0 Å². The van der Waals surface area contributed by atoms with E-state index in [0.29, 0.717) is 11.4 Å². The standard InChI is InChI=1S/C12H9F2NO/c13-8-1-4-10(5-2-8)16-12-7-9(14)3-6-11(12)15/h1-7H,15H2. The van der Waals surface area contributed by atoms with E-state index >= 15 is 0 Å². The molecule has 0 bridgehead atoms. The van der Waals surface area contributed by atoms with Crippen LogP contribution in [0.4, 0.5) is 14.5 Å². The summed E-state index contributed by atoms with van der Waals surface area (Å²) in [6, 6.07) is 9.23. The van der Waals surface area contributed by atoms with Crippen LogP contribution in [-0.2, 0) is 0 Å². The Labute approximate surface area is 91.3 Å². The van der Waals surface area contributed by atoms with Crippen molar-refractivity contribution in [3.05, 3.63) is 54.1 Å². The highest BCUT2D eigenvalue weighted by Crippen LogP contribution is 2.27. The molecule has 0 spiro atoms. The number of benzene rings is 2. The molecule has 0 saturated heterocycles. The maximum atomic E-state index is 12.9. The molecule has 0 heterocycles. The molecule has 2 aromatic carbocycles. The molecule has 0 fully saturated rings. The van der Waals surface area contributed by atoms with E-state index in [9.17, 15) is 8.78 Å². The molecule has 0 aliphatic rings. The smallest absolute Gasteiger partial charge is 0.153 e. The van der Waals surface area contributed by atoms with Crippen LogP contribution in [0.15, 0.2) is 42.5 Å². The van der Waals surface area contributed by atoms with Crippen molar-refractivity contribution in [3.8, 4) is 11.5 Å². The van der Waals surface area contributed by atoms with Crippen molar-refractivity contribution in [1.29, 1.82) is 0 Å². The van der Waals surface area contributed by atoms with Crippen LogP contribution in [0.1, 0.15) is 0 Å². The molecule has 4 heteroatoms. The van der Waals surface area contributed by atoms with E-state index in [4.69, 9.17) is 10.5 Å². The minimum absolute atomic E-state index is 0.214. The number of rotatable bonds is 2. The first-order valence-electron chi connectivity index (χ1n) is 4.63. The summed E-state index contributed by atoms with van der Waals surface area (Å²) in [7, 11) is 0. The van der Waals surface area contributed by atoms with Crippen LogP contribution in [0.3, 0.4) is 0 Å². The van der Waals surface area contributed by atoms with Crippen molar-refractivity contribution in [2.45, 2.75) is 0 Å². The van der Waals surface area contributed by atoms with Gasteiger partial charge < -0.3 is 10.5 Å². The number of hydrogen-bond donors (Lipinski definition) is 1. The van der Waals surface area contributed by atoms with E-state index in [1.54, 1.807) is 0 Å². The fraction of sp³-hybridized carbons (Fsp3) is 0. The molecule has 82 valence electrons. The van der Waals surface area contributed by atoms with Crippen molar-refractivity contribution in [1.82, 2.24) is 0 Å². The van der Waals surface area contributed by atoms with Gasteiger partial charge in [0.1, 0.15) is 17.4 Å². The molecule has 2 aromatic rings. The van der Waals surface area contributed by atoms with Crippen LogP contribution < -0.4 is 10.5 Å². The van der Waals surface area contributed by atoms with Gasteiger partial charge in [-0.05, 0) is 36.4 Å². The molecule has 0 radical (unpaired) electrons. The minimum atomic E-state index is -0.439. The first kappa shape index (κ1) is 10.4. The summed E-state index contributed by atoms with van der Waals surface area (Å²) in [5, 5.41) is 0. The maximum absolute atomic E-state index is 12.9. The molecular formula is C12H9F2NO. The van der Waals surface area contributed by atoms with Gasteiger partial charge in [0.15, 0.2) is 5.75 Å². The minimum Gasteiger partial charge on any atom is -0.455 e. The van der Waals surface area contributed by atoms with Gasteiger partial charge in [0.05, 0.1) is 5.69 Å². The van der Waals surface area contributed by atoms with E-state index in [0.717, 1.165) is 0 Å². The molecule has 0 amide bonds. The lowest BCUT2D eigenvalue weighted by Crippen LogP contribution is -1.92. The van der Waals surface area contributed by atoms with E-state index in [1.165, 1.54) is 42.5 Å². The zero-order valence-electron chi connectivity index (χ0n) is 8.28. The van der Waals surface area contributed by atoms with Crippen LogP contribution in [0.5, 0.6) is 11.5 Å². The van der Waals surface area contributed by atoms with Crippen molar-refractivity contribution in [2.75, 3.05) is 5.73 Å². The SMILES string of the molecule is Nc1ccc(F)cc1Oc1ccc(F)cc1. The Morgan fingerprint density at radius 1 is 0.875 bits per heavy atom. The number of nitrogen functional groups attached to an aromatic ring is 1. The number of halogens is 2. The van der Waals surface area contributed by atoms with Gasteiger partial charge in [0.25, 0.3) is 0 Å². The second-order valence-corrected chi connectivity index (χ2v) is 3.24. The Hall–Kier alpha value is -2.10. The number of ether oxygens (including phenoxy) is 1. The van der Waals surface area contributed by atoms with E-state index < -0.39 is 5.82 Å². The van der Waals surface area contributed by atoms with E-state index in [-0.39, 0.29) is 11.6 Å². The molecule has 0 aromatic heterocycles. The maximum Gasteiger partial charge on any atom is 0.153 e. The molecule has 2 nitrogen and oxygen atoms in total. The van der Waals surface area contributed by atoms with Gasteiger partial charge in [0, 0.05) is 6.07 Å². The lowest BCUT2D eigenvalue weighted by atomic mass is 10.3. The van der Waals surface area contributed by atoms with Crippen LogP contribution in [0, 0.1) is 11.6 Å². The molecule has 0 atom stereocenters. The van der Waals surface area contributed by atoms with Crippen molar-refractivity contribution in [2.24, 2.45) is 0 Å². The monoisotopic (exact) mass is 221 g/mol. The molecule has 2 N–H and O–H groups in total. The average Bonchev–Trinajstić information content (AvgIpc) is 2.27. The predicted molar refractivity (Wildman–Crippen MR) is 57.3 cm³/mol. The third-order valence-electron chi connectivity index (χ3n) is 2.02. The summed E-state index contributed by atoms with van der Waals surface area (Å²) in [6.45, 7) is 0. The highest BCUT2D eigenvalue weighted by molar-refractivity contribution is 5.53. The molecule has 2 rings (SSSR count). The highest BCUT2D eigenvalue weighted by Gasteiger charge is 2.03. The summed E-state index contributed by atoms with van der Waals surface area (Å²) in [5.41, 5.74) is 5.93. The van der Waals surface area contributed by atoms with Gasteiger partial charge >= 0.3 is 0 Å². The Morgan fingerprint density at radius 2 is 1.50 bits per heavy atom. The van der Waals surface area contributed by atoms with Gasteiger partial charge in [0.2, 0.25) is 0 Å². The van der Waals surface area contributed by atoms with Crippen LogP contribution >= 0.6 is 0 Å². The molecule has 0 saturated carbocycles. The molecule has 0 aliphatic carbocycles. The summed E-state index contributed by atoms with van der Waals surface area (Å²) in [6.07, 6.45) is 0. The third kappa shape index (κ3) is 2.28. The van der Waals surface area contributed by atoms with Gasteiger partial charge in [-0.2, -0.15) is 0 Å². The number of nitrogens with two attached hydrogens (primary N) is 1. The molecular weight excluding hydrogens is 212 g/mol. The molecule has 0 aliphatic heterocycles. The van der Waals surface area contributed by atoms with Gasteiger partial charge in [-0.1, -0.05) is 0 Å². The van der Waals surface area contributed by atoms with Crippen LogP contribution in [0.25, 0.3) is 0 Å². The van der Waals surface area contributed by atoms with Crippen molar-refractivity contribution < 1.29 is 13.5 Å². The largest absolute Gasteiger partial charge is 0.455 e. The van der Waals surface area contributed by atoms with E-state index in [1.807, 2.05) is 0 Å². The predicted octanol–water partition coefficient (Wildman–Crippen LogP) is 3.34. The second-order valence-electron chi connectivity index (χ2n) is 3.24. The van der Waals surface area contributed by atoms with Gasteiger partial charge in [-0.25, -0.2) is 8.78 Å². The number of hydrogen-bond acceptors (Lipinski definition) is 2. The molecule has 16 heavy (non-hydrogen) atoms.